The molecular weight excluding hydrogens is 340 g/mol. The lowest BCUT2D eigenvalue weighted by Crippen LogP contribution is -2.43. The second kappa shape index (κ2) is 7.82. The van der Waals surface area contributed by atoms with Crippen molar-refractivity contribution in [2.45, 2.75) is 35.9 Å². The van der Waals surface area contributed by atoms with Crippen molar-refractivity contribution < 1.29 is 4.74 Å². The number of hydrogen-bond acceptors (Lipinski definition) is 7. The summed E-state index contributed by atoms with van der Waals surface area (Å²) < 4.78 is 6.96. The van der Waals surface area contributed by atoms with Crippen LogP contribution in [0.4, 0.5) is 5.13 Å². The van der Waals surface area contributed by atoms with Gasteiger partial charge in [-0.2, -0.15) is 0 Å². The minimum atomic E-state index is 0.260. The Morgan fingerprint density at radius 1 is 1.25 bits per heavy atom. The zero-order valence-electron chi connectivity index (χ0n) is 13.6. The lowest BCUT2D eigenvalue weighted by molar-refractivity contribution is -0.0187. The molecular formula is C17H22N4OS2. The van der Waals surface area contributed by atoms with E-state index in [1.807, 2.05) is 0 Å². The Bertz CT molecular complexity index is 647. The summed E-state index contributed by atoms with van der Waals surface area (Å²) in [6.45, 7) is 3.79. The lowest BCUT2D eigenvalue weighted by Gasteiger charge is -2.32. The number of anilines is 1. The fourth-order valence-electron chi connectivity index (χ4n) is 2.76. The summed E-state index contributed by atoms with van der Waals surface area (Å²) in [5.41, 5.74) is 1.37. The van der Waals surface area contributed by atoms with Crippen molar-refractivity contribution >= 4 is 28.2 Å². The SMILES string of the molecule is c1ccc(CN2CCO[C@H](CSc3nnc(NC4CC4)s3)C2)cc1. The number of morpholine rings is 1. The van der Waals surface area contributed by atoms with Crippen LogP contribution in [0.2, 0.25) is 0 Å². The van der Waals surface area contributed by atoms with Gasteiger partial charge >= 0.3 is 0 Å². The molecule has 2 aliphatic rings. The summed E-state index contributed by atoms with van der Waals surface area (Å²) in [5, 5.41) is 12.8. The summed E-state index contributed by atoms with van der Waals surface area (Å²) in [5.74, 6) is 0.934. The van der Waals surface area contributed by atoms with Crippen LogP contribution in [0.3, 0.4) is 0 Å². The zero-order chi connectivity index (χ0) is 16.2. The van der Waals surface area contributed by atoms with Gasteiger partial charge in [-0.15, -0.1) is 10.2 Å². The third-order valence-electron chi connectivity index (χ3n) is 4.18. The molecule has 0 radical (unpaired) electrons. The van der Waals surface area contributed by atoms with Crippen LogP contribution in [0.1, 0.15) is 18.4 Å². The minimum absolute atomic E-state index is 0.260. The van der Waals surface area contributed by atoms with Crippen LogP contribution in [-0.2, 0) is 11.3 Å². The Morgan fingerprint density at radius 2 is 2.12 bits per heavy atom. The van der Waals surface area contributed by atoms with Gasteiger partial charge in [0.15, 0.2) is 4.34 Å². The van der Waals surface area contributed by atoms with Gasteiger partial charge in [0.1, 0.15) is 0 Å². The van der Waals surface area contributed by atoms with Gasteiger partial charge in [-0.05, 0) is 18.4 Å². The third-order valence-corrected chi connectivity index (χ3v) is 6.30. The predicted molar refractivity (Wildman–Crippen MR) is 98.7 cm³/mol. The number of rotatable bonds is 7. The van der Waals surface area contributed by atoms with Gasteiger partial charge in [0.25, 0.3) is 0 Å². The van der Waals surface area contributed by atoms with Gasteiger partial charge in [0.05, 0.1) is 12.7 Å². The van der Waals surface area contributed by atoms with Crippen LogP contribution in [0.5, 0.6) is 0 Å². The van der Waals surface area contributed by atoms with Crippen molar-refractivity contribution in [3.63, 3.8) is 0 Å². The monoisotopic (exact) mass is 362 g/mol. The molecule has 2 fully saturated rings. The van der Waals surface area contributed by atoms with E-state index < -0.39 is 0 Å². The van der Waals surface area contributed by atoms with Gasteiger partial charge in [-0.1, -0.05) is 53.4 Å². The summed E-state index contributed by atoms with van der Waals surface area (Å²) in [7, 11) is 0. The van der Waals surface area contributed by atoms with Crippen molar-refractivity contribution in [3.05, 3.63) is 35.9 Å². The second-order valence-corrected chi connectivity index (χ2v) is 8.56. The Labute approximate surface area is 150 Å². The molecule has 128 valence electrons. The van der Waals surface area contributed by atoms with Crippen molar-refractivity contribution in [2.75, 3.05) is 30.8 Å². The number of nitrogens with zero attached hydrogens (tertiary/aromatic N) is 3. The molecule has 0 spiro atoms. The fourth-order valence-corrected chi connectivity index (χ4v) is 4.62. The summed E-state index contributed by atoms with van der Waals surface area (Å²) in [6, 6.07) is 11.3. The normalized spacial score (nSPS) is 21.8. The molecule has 7 heteroatoms. The number of aromatic nitrogens is 2. The van der Waals surface area contributed by atoms with Gasteiger partial charge in [-0.25, -0.2) is 0 Å². The first-order valence-corrected chi connectivity index (χ1v) is 10.3. The highest BCUT2D eigenvalue weighted by Crippen LogP contribution is 2.31. The van der Waals surface area contributed by atoms with Gasteiger partial charge in [-0.3, -0.25) is 4.90 Å². The fraction of sp³-hybridized carbons (Fsp3) is 0.529. The molecule has 5 nitrogen and oxygen atoms in total. The summed E-state index contributed by atoms with van der Waals surface area (Å²) in [4.78, 5) is 2.48. The summed E-state index contributed by atoms with van der Waals surface area (Å²) in [6.07, 6.45) is 2.78. The summed E-state index contributed by atoms with van der Waals surface area (Å²) >= 11 is 3.41. The number of nitrogens with one attached hydrogen (secondary N) is 1. The molecule has 1 N–H and O–H groups in total. The second-order valence-electron chi connectivity index (χ2n) is 6.32. The average Bonchev–Trinajstić information content (AvgIpc) is 3.31. The first kappa shape index (κ1) is 16.3. The molecule has 0 bridgehead atoms. The molecule has 4 rings (SSSR count). The maximum atomic E-state index is 5.93. The van der Waals surface area contributed by atoms with E-state index in [9.17, 15) is 0 Å². The molecule has 1 saturated heterocycles. The predicted octanol–water partition coefficient (Wildman–Crippen LogP) is 3.11. The highest BCUT2D eigenvalue weighted by molar-refractivity contribution is 8.01. The molecule has 1 aliphatic carbocycles. The highest BCUT2D eigenvalue weighted by atomic mass is 32.2. The molecule has 1 atom stereocenters. The Morgan fingerprint density at radius 3 is 2.96 bits per heavy atom. The van der Waals surface area contributed by atoms with Gasteiger partial charge in [0.2, 0.25) is 5.13 Å². The van der Waals surface area contributed by atoms with Crippen LogP contribution in [0.25, 0.3) is 0 Å². The van der Waals surface area contributed by atoms with Crippen molar-refractivity contribution in [1.82, 2.24) is 15.1 Å². The van der Waals surface area contributed by atoms with Crippen LogP contribution in [-0.4, -0.2) is 52.7 Å². The van der Waals surface area contributed by atoms with E-state index in [-0.39, 0.29) is 6.10 Å². The standard InChI is InChI=1S/C17H22N4OS2/c1-2-4-13(5-3-1)10-21-8-9-22-15(11-21)12-23-17-20-19-16(24-17)18-14-6-7-14/h1-5,14-15H,6-12H2,(H,18,19)/t15-/m0/s1. The number of thioether (sulfide) groups is 1. The van der Waals surface area contributed by atoms with Crippen LogP contribution in [0.15, 0.2) is 34.7 Å². The Balaban J connectivity index is 1.24. The van der Waals surface area contributed by atoms with E-state index in [4.69, 9.17) is 4.74 Å². The maximum Gasteiger partial charge on any atom is 0.206 e. The highest BCUT2D eigenvalue weighted by Gasteiger charge is 2.23. The first-order valence-electron chi connectivity index (χ1n) is 8.46. The zero-order valence-corrected chi connectivity index (χ0v) is 15.2. The molecule has 1 aliphatic heterocycles. The molecule has 0 unspecified atom stereocenters. The number of hydrogen-bond donors (Lipinski definition) is 1. The van der Waals surface area contributed by atoms with E-state index in [0.717, 1.165) is 41.5 Å². The van der Waals surface area contributed by atoms with Gasteiger partial charge < -0.3 is 10.1 Å². The van der Waals surface area contributed by atoms with Gasteiger partial charge in [0, 0.05) is 31.4 Å². The molecule has 1 saturated carbocycles. The molecule has 1 aromatic carbocycles. The topological polar surface area (TPSA) is 50.3 Å². The largest absolute Gasteiger partial charge is 0.375 e. The quantitative estimate of drug-likeness (QED) is 0.764. The molecule has 24 heavy (non-hydrogen) atoms. The first-order chi connectivity index (χ1) is 11.8. The Hall–Kier alpha value is -1.15. The van der Waals surface area contributed by atoms with E-state index in [0.29, 0.717) is 6.04 Å². The number of ether oxygens (including phenoxy) is 1. The molecule has 1 aromatic heterocycles. The Kier molecular flexibility index (Phi) is 5.32. The minimum Gasteiger partial charge on any atom is -0.375 e. The third kappa shape index (κ3) is 4.69. The van der Waals surface area contributed by atoms with Crippen LogP contribution < -0.4 is 5.32 Å². The lowest BCUT2D eigenvalue weighted by atomic mass is 10.2. The average molecular weight is 363 g/mol. The van der Waals surface area contributed by atoms with E-state index in [2.05, 4.69) is 50.7 Å². The van der Waals surface area contributed by atoms with Crippen LogP contribution >= 0.6 is 23.1 Å². The van der Waals surface area contributed by atoms with Crippen molar-refractivity contribution in [2.24, 2.45) is 0 Å². The van der Waals surface area contributed by atoms with Crippen LogP contribution in [0, 0.1) is 0 Å². The molecule has 2 aromatic rings. The van der Waals surface area contributed by atoms with E-state index in [1.165, 1.54) is 18.4 Å². The van der Waals surface area contributed by atoms with E-state index in [1.54, 1.807) is 23.1 Å². The van der Waals surface area contributed by atoms with Crippen molar-refractivity contribution in [1.29, 1.82) is 0 Å². The molecule has 0 amide bonds. The van der Waals surface area contributed by atoms with Crippen molar-refractivity contribution in [3.8, 4) is 0 Å². The number of benzene rings is 1. The van der Waals surface area contributed by atoms with E-state index >= 15 is 0 Å². The smallest absolute Gasteiger partial charge is 0.206 e. The molecule has 2 heterocycles. The maximum absolute atomic E-state index is 5.93.